The Kier molecular flexibility index (Phi) is 16.9. The molecule has 206 valence electrons. The van der Waals surface area contributed by atoms with Gasteiger partial charge in [0, 0.05) is 39.6 Å². The number of rotatable bonds is 22. The average Bonchev–Trinajstić information content (AvgIpc) is 2.79. The van der Waals surface area contributed by atoms with E-state index in [2.05, 4.69) is 13.8 Å². The second kappa shape index (κ2) is 16.8. The van der Waals surface area contributed by atoms with Gasteiger partial charge in [-0.25, -0.2) is 0 Å². The van der Waals surface area contributed by atoms with Crippen LogP contribution < -0.4 is 5.73 Å². The van der Waals surface area contributed by atoms with Gasteiger partial charge in [-0.05, 0) is 54.4 Å². The summed E-state index contributed by atoms with van der Waals surface area (Å²) in [5.74, 6) is 0. The Morgan fingerprint density at radius 2 is 0.882 bits per heavy atom. The third-order valence-electron chi connectivity index (χ3n) is 6.97. The first-order valence-electron chi connectivity index (χ1n) is 13.6. The molecule has 4 unspecified atom stereocenters. The first kappa shape index (κ1) is 34.2. The number of hydrogen-bond acceptors (Lipinski definition) is 7. The van der Waals surface area contributed by atoms with Gasteiger partial charge in [0.1, 0.15) is 11.2 Å². The van der Waals surface area contributed by atoms with Gasteiger partial charge >= 0.3 is 0 Å². The van der Waals surface area contributed by atoms with Crippen molar-refractivity contribution < 1.29 is 28.4 Å². The van der Waals surface area contributed by atoms with E-state index in [-0.39, 0.29) is 0 Å². The van der Waals surface area contributed by atoms with Crippen molar-refractivity contribution in [3.05, 3.63) is 0 Å². The number of ether oxygens (including phenoxy) is 6. The number of nitrogens with two attached hydrogens (primary N) is 1. The highest BCUT2D eigenvalue weighted by Gasteiger charge is 2.63. The van der Waals surface area contributed by atoms with Gasteiger partial charge in [-0.2, -0.15) is 0 Å². The van der Waals surface area contributed by atoms with Crippen LogP contribution in [0.15, 0.2) is 0 Å². The van der Waals surface area contributed by atoms with Crippen LogP contribution in [-0.2, 0) is 28.4 Å². The Morgan fingerprint density at radius 3 is 1.15 bits per heavy atom. The summed E-state index contributed by atoms with van der Waals surface area (Å²) in [7, 11) is 1.14. The predicted molar refractivity (Wildman–Crippen MR) is 148 cm³/mol. The fraction of sp³-hybridized carbons (Fsp3) is 1.00. The summed E-state index contributed by atoms with van der Waals surface area (Å²) in [5.41, 5.74) is 3.34. The molecule has 0 amide bonds. The molecule has 7 nitrogen and oxygen atoms in total. The van der Waals surface area contributed by atoms with Crippen LogP contribution in [0.4, 0.5) is 0 Å². The third kappa shape index (κ3) is 8.62. The summed E-state index contributed by atoms with van der Waals surface area (Å²) in [5, 5.41) is 0. The predicted octanol–water partition coefficient (Wildman–Crippen LogP) is 2.43. The summed E-state index contributed by atoms with van der Waals surface area (Å²) in [6, 6.07) is -0.634. The van der Waals surface area contributed by atoms with E-state index in [1.807, 2.05) is 41.5 Å². The van der Waals surface area contributed by atoms with Crippen LogP contribution in [0, 0.1) is 0 Å². The summed E-state index contributed by atoms with van der Waals surface area (Å²) in [4.78, 5) is 0. The average molecular weight is 524 g/mol. The molecule has 0 aliphatic carbocycles. The van der Waals surface area contributed by atoms with E-state index >= 15 is 0 Å². The molecule has 0 bridgehead atoms. The van der Waals surface area contributed by atoms with Crippen molar-refractivity contribution in [3.8, 4) is 0 Å². The lowest BCUT2D eigenvalue weighted by atomic mass is 9.81. The molecule has 0 saturated heterocycles. The maximum atomic E-state index is 7.17. The van der Waals surface area contributed by atoms with Gasteiger partial charge in [0.05, 0.1) is 26.5 Å². The van der Waals surface area contributed by atoms with Gasteiger partial charge in [-0.15, -0.1) is 0 Å². The van der Waals surface area contributed by atoms with Crippen molar-refractivity contribution in [1.29, 1.82) is 0 Å². The molecule has 0 aliphatic rings. The Bertz CT molecular complexity index is 490. The Morgan fingerprint density at radius 1 is 0.559 bits per heavy atom. The van der Waals surface area contributed by atoms with Crippen LogP contribution >= 0.6 is 0 Å². The quantitative estimate of drug-likeness (QED) is 0.133. The highest BCUT2D eigenvalue weighted by molar-refractivity contribution is 6.15. The molecule has 0 heterocycles. The summed E-state index contributed by atoms with van der Waals surface area (Å²) < 4.78 is 38.5. The van der Waals surface area contributed by atoms with E-state index in [9.17, 15) is 0 Å². The molecule has 34 heavy (non-hydrogen) atoms. The molecule has 2 N–H and O–H groups in total. The summed E-state index contributed by atoms with van der Waals surface area (Å²) in [6.45, 7) is 19.5. The SMILES string of the molecule is CCCCCOC([SiH3])(OCC)C(C)(OCC)C(N)C(C)(OCC)C([SiH3])(OCC)OCCCCC. The van der Waals surface area contributed by atoms with Crippen LogP contribution in [-0.4, -0.2) is 88.2 Å². The lowest BCUT2D eigenvalue weighted by Gasteiger charge is -2.57. The van der Waals surface area contributed by atoms with Crippen molar-refractivity contribution in [2.75, 3.05) is 39.6 Å². The van der Waals surface area contributed by atoms with Gasteiger partial charge in [0.25, 0.3) is 0 Å². The monoisotopic (exact) mass is 523 g/mol. The molecule has 0 saturated carbocycles. The minimum absolute atomic E-state index is 0.474. The van der Waals surface area contributed by atoms with Crippen LogP contribution in [0.3, 0.4) is 0 Å². The van der Waals surface area contributed by atoms with E-state index in [1.165, 1.54) is 0 Å². The van der Waals surface area contributed by atoms with Gasteiger partial charge in [0.15, 0.2) is 10.8 Å². The molecule has 0 spiro atoms. The number of unbranched alkanes of at least 4 members (excludes halogenated alkanes) is 4. The van der Waals surface area contributed by atoms with Crippen LogP contribution in [0.1, 0.15) is 93.9 Å². The zero-order valence-corrected chi connectivity index (χ0v) is 28.1. The molecule has 0 aromatic rings. The van der Waals surface area contributed by atoms with Gasteiger partial charge in [0.2, 0.25) is 0 Å². The molecule has 4 atom stereocenters. The first-order valence-corrected chi connectivity index (χ1v) is 15.6. The molecule has 0 aliphatic heterocycles. The zero-order valence-electron chi connectivity index (χ0n) is 24.1. The van der Waals surface area contributed by atoms with Crippen molar-refractivity contribution >= 4 is 20.5 Å². The summed E-state index contributed by atoms with van der Waals surface area (Å²) >= 11 is 0. The molecule has 0 fully saturated rings. The lowest BCUT2D eigenvalue weighted by Crippen LogP contribution is -2.78. The maximum Gasteiger partial charge on any atom is 0.170 e. The Hall–Kier alpha value is 0.154. The minimum Gasteiger partial charge on any atom is -0.369 e. The van der Waals surface area contributed by atoms with Gasteiger partial charge in [-0.1, -0.05) is 39.5 Å². The molecular weight excluding hydrogens is 466 g/mol. The normalized spacial score (nSPS) is 20.4. The highest BCUT2D eigenvalue weighted by atomic mass is 28.2. The zero-order chi connectivity index (χ0) is 26.3. The maximum absolute atomic E-state index is 7.17. The Labute approximate surface area is 216 Å². The third-order valence-corrected chi connectivity index (χ3v) is 10.1. The first-order chi connectivity index (χ1) is 16.0. The Balaban J connectivity index is 6.39. The van der Waals surface area contributed by atoms with Crippen LogP contribution in [0.2, 0.25) is 0 Å². The lowest BCUT2D eigenvalue weighted by molar-refractivity contribution is -0.331. The van der Waals surface area contributed by atoms with E-state index < -0.39 is 28.1 Å². The van der Waals surface area contributed by atoms with Crippen molar-refractivity contribution in [3.63, 3.8) is 0 Å². The van der Waals surface area contributed by atoms with E-state index in [0.717, 1.165) is 38.5 Å². The van der Waals surface area contributed by atoms with Gasteiger partial charge < -0.3 is 34.2 Å². The largest absolute Gasteiger partial charge is 0.369 e. The number of hydrogen-bond donors (Lipinski definition) is 1. The smallest absolute Gasteiger partial charge is 0.170 e. The second-order valence-electron chi connectivity index (χ2n) is 9.43. The van der Waals surface area contributed by atoms with E-state index in [1.54, 1.807) is 0 Å². The van der Waals surface area contributed by atoms with Crippen molar-refractivity contribution in [2.24, 2.45) is 5.73 Å². The molecule has 0 aromatic heterocycles. The van der Waals surface area contributed by atoms with Gasteiger partial charge in [-0.3, -0.25) is 0 Å². The van der Waals surface area contributed by atoms with Crippen LogP contribution in [0.5, 0.6) is 0 Å². The second-order valence-corrected chi connectivity index (χ2v) is 12.1. The summed E-state index contributed by atoms with van der Waals surface area (Å²) in [6.07, 6.45) is 6.41. The van der Waals surface area contributed by atoms with Crippen molar-refractivity contribution in [1.82, 2.24) is 0 Å². The topological polar surface area (TPSA) is 81.4 Å². The highest BCUT2D eigenvalue weighted by Crippen LogP contribution is 2.42. The van der Waals surface area contributed by atoms with Crippen LogP contribution in [0.25, 0.3) is 0 Å². The fourth-order valence-corrected chi connectivity index (χ4v) is 6.47. The van der Waals surface area contributed by atoms with Crippen molar-refractivity contribution in [2.45, 2.75) is 122 Å². The van der Waals surface area contributed by atoms with E-state index in [4.69, 9.17) is 34.2 Å². The van der Waals surface area contributed by atoms with E-state index in [0.29, 0.717) is 60.1 Å². The standard InChI is InChI=1S/C25H57NO6Si2/c1-9-15-17-19-31-24(33,29-13-5)22(7,27-11-3)21(26)23(8,28-12-4)25(34,30-14-6)32-20-18-16-10-2/h21H,9-20,26H2,1-8,33-34H3. The molecule has 0 radical (unpaired) electrons. The fourth-order valence-electron chi connectivity index (χ4n) is 4.58. The molecular formula is C25H57NO6Si2. The molecule has 0 aromatic carbocycles. The molecule has 0 rings (SSSR count). The molecule has 9 heteroatoms. The minimum atomic E-state index is -0.973.